The van der Waals surface area contributed by atoms with Crippen LogP contribution < -0.4 is 5.32 Å². The zero-order valence-electron chi connectivity index (χ0n) is 10.2. The van der Waals surface area contributed by atoms with Crippen molar-refractivity contribution in [2.24, 2.45) is 0 Å². The van der Waals surface area contributed by atoms with E-state index in [4.69, 9.17) is 0 Å². The van der Waals surface area contributed by atoms with E-state index in [0.29, 0.717) is 10.9 Å². The van der Waals surface area contributed by atoms with Crippen LogP contribution in [0.15, 0.2) is 18.2 Å². The summed E-state index contributed by atoms with van der Waals surface area (Å²) in [4.78, 5) is 4.46. The van der Waals surface area contributed by atoms with Gasteiger partial charge in [-0.15, -0.1) is 11.3 Å². The summed E-state index contributed by atoms with van der Waals surface area (Å²) in [7, 11) is 0. The number of benzene rings is 1. The van der Waals surface area contributed by atoms with E-state index in [9.17, 15) is 22.0 Å². The van der Waals surface area contributed by atoms with Crippen LogP contribution in [0.25, 0.3) is 11.3 Å². The molecule has 1 aromatic carbocycles. The van der Waals surface area contributed by atoms with Crippen molar-refractivity contribution >= 4 is 16.5 Å². The number of rotatable bonds is 3. The fourth-order valence-corrected chi connectivity index (χ4v) is 2.40. The van der Waals surface area contributed by atoms with Crippen molar-refractivity contribution in [1.29, 1.82) is 0 Å². The lowest BCUT2D eigenvalue weighted by Gasteiger charge is -2.06. The number of aryl methyl sites for hydroxylation is 1. The Kier molecular flexibility index (Phi) is 3.94. The van der Waals surface area contributed by atoms with Crippen LogP contribution >= 0.6 is 11.3 Å². The molecule has 0 unspecified atom stereocenters. The van der Waals surface area contributed by atoms with Crippen molar-refractivity contribution in [2.75, 3.05) is 11.9 Å². The molecule has 0 amide bonds. The molecule has 0 radical (unpaired) electrons. The van der Waals surface area contributed by atoms with Crippen LogP contribution in [0.4, 0.5) is 27.1 Å². The van der Waals surface area contributed by atoms with Crippen molar-refractivity contribution in [3.8, 4) is 11.3 Å². The number of halogens is 5. The van der Waals surface area contributed by atoms with Gasteiger partial charge in [-0.25, -0.2) is 13.8 Å². The zero-order valence-corrected chi connectivity index (χ0v) is 11.0. The van der Waals surface area contributed by atoms with Crippen LogP contribution in [0, 0.1) is 18.6 Å². The first kappa shape index (κ1) is 14.7. The highest BCUT2D eigenvalue weighted by Crippen LogP contribution is 2.32. The minimum Gasteiger partial charge on any atom is -0.352 e. The highest BCUT2D eigenvalue weighted by atomic mass is 32.1. The van der Waals surface area contributed by atoms with Gasteiger partial charge in [-0.2, -0.15) is 13.2 Å². The predicted molar refractivity (Wildman–Crippen MR) is 66.7 cm³/mol. The molecule has 0 aliphatic carbocycles. The predicted octanol–water partition coefficient (Wildman–Crippen LogP) is 4.37. The highest BCUT2D eigenvalue weighted by Gasteiger charge is 2.27. The molecule has 108 valence electrons. The number of nitrogens with zero attached hydrogens (tertiary/aromatic N) is 1. The van der Waals surface area contributed by atoms with Gasteiger partial charge in [0, 0.05) is 16.5 Å². The summed E-state index contributed by atoms with van der Waals surface area (Å²) in [5.41, 5.74) is 0.261. The van der Waals surface area contributed by atoms with E-state index in [-0.39, 0.29) is 16.4 Å². The van der Waals surface area contributed by atoms with Gasteiger partial charge in [0.2, 0.25) is 0 Å². The van der Waals surface area contributed by atoms with E-state index in [1.54, 1.807) is 6.92 Å². The number of hydrogen-bond acceptors (Lipinski definition) is 3. The zero-order chi connectivity index (χ0) is 14.9. The summed E-state index contributed by atoms with van der Waals surface area (Å²) in [6.45, 7) is 0.389. The number of alkyl halides is 3. The van der Waals surface area contributed by atoms with Crippen molar-refractivity contribution < 1.29 is 22.0 Å². The molecule has 8 heteroatoms. The number of nitrogens with one attached hydrogen (secondary N) is 1. The van der Waals surface area contributed by atoms with Crippen LogP contribution in [-0.4, -0.2) is 17.7 Å². The third-order valence-corrected chi connectivity index (χ3v) is 3.35. The van der Waals surface area contributed by atoms with Crippen LogP contribution in [-0.2, 0) is 0 Å². The Labute approximate surface area is 115 Å². The summed E-state index contributed by atoms with van der Waals surface area (Å²) >= 11 is 0.980. The first-order chi connectivity index (χ1) is 9.26. The van der Waals surface area contributed by atoms with Gasteiger partial charge in [0.15, 0.2) is 5.13 Å². The standard InChI is InChI=1S/C12H9F5N2S/c1-6-10(8-3-2-7(13)4-9(8)14)19-11(20-6)18-5-12(15,16)17/h2-4H,5H2,1H3,(H,18,19). The minimum absolute atomic E-state index is 0.0403. The largest absolute Gasteiger partial charge is 0.405 e. The lowest BCUT2D eigenvalue weighted by molar-refractivity contribution is -0.115. The van der Waals surface area contributed by atoms with Crippen LogP contribution in [0.1, 0.15) is 4.88 Å². The highest BCUT2D eigenvalue weighted by molar-refractivity contribution is 7.16. The minimum atomic E-state index is -4.36. The number of hydrogen-bond donors (Lipinski definition) is 1. The fraction of sp³-hybridized carbons (Fsp3) is 0.250. The van der Waals surface area contributed by atoms with E-state index in [1.165, 1.54) is 6.07 Å². The molecule has 1 heterocycles. The summed E-state index contributed by atoms with van der Waals surface area (Å²) in [6.07, 6.45) is -4.36. The van der Waals surface area contributed by atoms with Crippen LogP contribution in [0.5, 0.6) is 0 Å². The maximum absolute atomic E-state index is 13.6. The summed E-state index contributed by atoms with van der Waals surface area (Å²) in [6, 6.07) is 2.98. The summed E-state index contributed by atoms with van der Waals surface area (Å²) in [5, 5.41) is 2.17. The van der Waals surface area contributed by atoms with E-state index in [0.717, 1.165) is 17.4 Å². The van der Waals surface area contributed by atoms with E-state index < -0.39 is 24.4 Å². The molecule has 0 spiro atoms. The fourth-order valence-electron chi connectivity index (χ4n) is 1.58. The number of thiazole rings is 1. The Bertz CT molecular complexity index is 621. The molecule has 0 saturated carbocycles. The van der Waals surface area contributed by atoms with Crippen molar-refractivity contribution in [3.63, 3.8) is 0 Å². The smallest absolute Gasteiger partial charge is 0.352 e. The lowest BCUT2D eigenvalue weighted by atomic mass is 10.1. The molecule has 2 aromatic rings. The molecular weight excluding hydrogens is 299 g/mol. The molecule has 0 fully saturated rings. The SMILES string of the molecule is Cc1sc(NCC(F)(F)F)nc1-c1ccc(F)cc1F. The molecule has 0 aliphatic heterocycles. The average molecular weight is 308 g/mol. The molecule has 0 saturated heterocycles. The molecule has 20 heavy (non-hydrogen) atoms. The molecule has 1 N–H and O–H groups in total. The molecule has 0 bridgehead atoms. The van der Waals surface area contributed by atoms with Gasteiger partial charge in [0.25, 0.3) is 0 Å². The molecule has 2 nitrogen and oxygen atoms in total. The normalized spacial score (nSPS) is 11.7. The van der Waals surface area contributed by atoms with Crippen molar-refractivity contribution in [3.05, 3.63) is 34.7 Å². The molecule has 0 aliphatic rings. The number of aromatic nitrogens is 1. The van der Waals surface area contributed by atoms with Gasteiger partial charge in [0.1, 0.15) is 18.2 Å². The second kappa shape index (κ2) is 5.35. The topological polar surface area (TPSA) is 24.9 Å². The third-order valence-electron chi connectivity index (χ3n) is 2.42. The monoisotopic (exact) mass is 308 g/mol. The van der Waals surface area contributed by atoms with Crippen molar-refractivity contribution in [1.82, 2.24) is 4.98 Å². The van der Waals surface area contributed by atoms with E-state index in [1.807, 2.05) is 0 Å². The van der Waals surface area contributed by atoms with Gasteiger partial charge in [-0.3, -0.25) is 0 Å². The average Bonchev–Trinajstić information content (AvgIpc) is 2.67. The maximum Gasteiger partial charge on any atom is 0.405 e. The van der Waals surface area contributed by atoms with Gasteiger partial charge >= 0.3 is 6.18 Å². The lowest BCUT2D eigenvalue weighted by Crippen LogP contribution is -2.21. The Morgan fingerprint density at radius 3 is 2.55 bits per heavy atom. The van der Waals surface area contributed by atoms with Gasteiger partial charge in [-0.1, -0.05) is 0 Å². The van der Waals surface area contributed by atoms with Crippen LogP contribution in [0.3, 0.4) is 0 Å². The quantitative estimate of drug-likeness (QED) is 0.852. The molecule has 2 rings (SSSR count). The molecule has 1 aromatic heterocycles. The van der Waals surface area contributed by atoms with Gasteiger partial charge in [0.05, 0.1) is 5.69 Å². The Morgan fingerprint density at radius 1 is 1.25 bits per heavy atom. The summed E-state index contributed by atoms with van der Waals surface area (Å²) in [5.74, 6) is -1.53. The first-order valence-electron chi connectivity index (χ1n) is 5.50. The molecular formula is C12H9F5N2S. The Hall–Kier alpha value is -1.70. The number of anilines is 1. The van der Waals surface area contributed by atoms with Crippen molar-refractivity contribution in [2.45, 2.75) is 13.1 Å². The van der Waals surface area contributed by atoms with E-state index in [2.05, 4.69) is 10.3 Å². The van der Waals surface area contributed by atoms with E-state index >= 15 is 0 Å². The molecule has 0 atom stereocenters. The Morgan fingerprint density at radius 2 is 1.95 bits per heavy atom. The second-order valence-corrected chi connectivity index (χ2v) is 5.22. The second-order valence-electron chi connectivity index (χ2n) is 4.02. The summed E-state index contributed by atoms with van der Waals surface area (Å²) < 4.78 is 62.7. The third kappa shape index (κ3) is 3.44. The Balaban J connectivity index is 2.27. The van der Waals surface area contributed by atoms with Gasteiger partial charge in [-0.05, 0) is 19.1 Å². The van der Waals surface area contributed by atoms with Gasteiger partial charge < -0.3 is 5.32 Å². The first-order valence-corrected chi connectivity index (χ1v) is 6.31. The maximum atomic E-state index is 13.6. The van der Waals surface area contributed by atoms with Crippen LogP contribution in [0.2, 0.25) is 0 Å².